The van der Waals surface area contributed by atoms with E-state index in [0.29, 0.717) is 0 Å². The Labute approximate surface area is 187 Å². The van der Waals surface area contributed by atoms with Gasteiger partial charge in [0.15, 0.2) is 0 Å². The Balaban J connectivity index is 1.44. The number of fused-ring (bicyclic) bond motifs is 1. The van der Waals surface area contributed by atoms with Crippen LogP contribution in [0.3, 0.4) is 0 Å². The monoisotopic (exact) mass is 428 g/mol. The zero-order chi connectivity index (χ0) is 21.0. The molecule has 0 saturated carbocycles. The first kappa shape index (κ1) is 20.0. The van der Waals surface area contributed by atoms with E-state index >= 15 is 0 Å². The van der Waals surface area contributed by atoms with E-state index in [-0.39, 0.29) is 6.04 Å². The average molecular weight is 429 g/mol. The van der Waals surface area contributed by atoms with Crippen LogP contribution in [0.2, 0.25) is 0 Å². The lowest BCUT2D eigenvalue weighted by molar-refractivity contribution is 0.0566. The molecule has 0 unspecified atom stereocenters. The first-order chi connectivity index (χ1) is 15.3. The second kappa shape index (κ2) is 9.03. The maximum Gasteiger partial charge on any atom is 0.126 e. The van der Waals surface area contributed by atoms with Gasteiger partial charge in [0.25, 0.3) is 0 Å². The Morgan fingerprint density at radius 1 is 0.903 bits per heavy atom. The van der Waals surface area contributed by atoms with Gasteiger partial charge in [-0.3, -0.25) is 9.80 Å². The molecule has 0 bridgehead atoms. The van der Waals surface area contributed by atoms with Crippen LogP contribution >= 0.6 is 11.8 Å². The lowest BCUT2D eigenvalue weighted by Gasteiger charge is -2.47. The van der Waals surface area contributed by atoms with Gasteiger partial charge in [-0.25, -0.2) is 0 Å². The van der Waals surface area contributed by atoms with Gasteiger partial charge in [-0.15, -0.1) is 0 Å². The van der Waals surface area contributed by atoms with Crippen LogP contribution in [-0.4, -0.2) is 33.9 Å². The van der Waals surface area contributed by atoms with Crippen LogP contribution in [0.4, 0.5) is 0 Å². The van der Waals surface area contributed by atoms with Crippen molar-refractivity contribution < 1.29 is 4.42 Å². The van der Waals surface area contributed by atoms with Gasteiger partial charge in [-0.2, -0.15) is 5.26 Å². The van der Waals surface area contributed by atoms with E-state index < -0.39 is 0 Å². The van der Waals surface area contributed by atoms with Crippen molar-refractivity contribution in [2.45, 2.75) is 19.1 Å². The van der Waals surface area contributed by atoms with Gasteiger partial charge in [0, 0.05) is 13.1 Å². The third-order valence-corrected chi connectivity index (χ3v) is 6.92. The number of nitrogens with zero attached hydrogens (tertiary/aromatic N) is 4. The summed E-state index contributed by atoms with van der Waals surface area (Å²) in [5.41, 5.74) is 3.31. The van der Waals surface area contributed by atoms with Crippen LogP contribution < -0.4 is 0 Å². The fourth-order valence-electron chi connectivity index (χ4n) is 4.32. The molecule has 1 atom stereocenters. The molecular formula is C25H24N4OS. The van der Waals surface area contributed by atoms with Crippen LogP contribution in [-0.2, 0) is 13.1 Å². The highest BCUT2D eigenvalue weighted by molar-refractivity contribution is 8.03. The number of thioether (sulfide) groups is 1. The van der Waals surface area contributed by atoms with Crippen molar-refractivity contribution in [3.8, 4) is 6.07 Å². The molecule has 1 saturated heterocycles. The highest BCUT2D eigenvalue weighted by Gasteiger charge is 2.39. The minimum Gasteiger partial charge on any atom is -0.467 e. The smallest absolute Gasteiger partial charge is 0.126 e. The Kier molecular flexibility index (Phi) is 5.81. The molecule has 2 aliphatic rings. The summed E-state index contributed by atoms with van der Waals surface area (Å²) in [6.45, 7) is 3.21. The normalized spacial score (nSPS) is 19.8. The summed E-state index contributed by atoms with van der Waals surface area (Å²) in [6, 6.07) is 27.2. The predicted molar refractivity (Wildman–Crippen MR) is 122 cm³/mol. The Bertz CT molecular complexity index is 1080. The first-order valence-corrected chi connectivity index (χ1v) is 11.4. The topological polar surface area (TPSA) is 46.7 Å². The number of rotatable bonds is 5. The number of furan rings is 1. The van der Waals surface area contributed by atoms with Crippen molar-refractivity contribution in [3.63, 3.8) is 0 Å². The van der Waals surface area contributed by atoms with E-state index in [4.69, 9.17) is 4.42 Å². The molecule has 0 radical (unpaired) electrons. The third kappa shape index (κ3) is 4.26. The van der Waals surface area contributed by atoms with E-state index in [1.165, 1.54) is 11.1 Å². The maximum absolute atomic E-state index is 10.2. The van der Waals surface area contributed by atoms with E-state index in [9.17, 15) is 5.26 Å². The fraction of sp³-hybridized carbons (Fsp3) is 0.240. The van der Waals surface area contributed by atoms with Crippen molar-refractivity contribution in [2.75, 3.05) is 19.2 Å². The zero-order valence-corrected chi connectivity index (χ0v) is 18.0. The quantitative estimate of drug-likeness (QED) is 0.570. The molecule has 5 nitrogen and oxygen atoms in total. The largest absolute Gasteiger partial charge is 0.467 e. The van der Waals surface area contributed by atoms with Gasteiger partial charge in [-0.05, 0) is 23.3 Å². The van der Waals surface area contributed by atoms with E-state index in [1.54, 1.807) is 18.0 Å². The number of nitriles is 1. The van der Waals surface area contributed by atoms with Crippen molar-refractivity contribution in [2.24, 2.45) is 0 Å². The molecule has 0 N–H and O–H groups in total. The molecule has 156 valence electrons. The molecule has 1 aromatic heterocycles. The highest BCUT2D eigenvalue weighted by Crippen LogP contribution is 2.42. The molecule has 2 aromatic carbocycles. The standard InChI is InChI=1S/C25H24N4OS/c26-14-22-24(23-12-7-13-30-23)28(16-21-10-5-2-6-11-21)18-29-17-27(19-31-25(22)29)15-20-8-3-1-4-9-20/h1-13,24H,15-19H2/t24-/m0/s1. The fourth-order valence-corrected chi connectivity index (χ4v) is 5.41. The lowest BCUT2D eigenvalue weighted by Crippen LogP contribution is -2.50. The van der Waals surface area contributed by atoms with Crippen molar-refractivity contribution in [1.82, 2.24) is 14.7 Å². The van der Waals surface area contributed by atoms with Gasteiger partial charge >= 0.3 is 0 Å². The average Bonchev–Trinajstić information content (AvgIpc) is 3.34. The van der Waals surface area contributed by atoms with Crippen LogP contribution in [0.25, 0.3) is 0 Å². The molecule has 0 amide bonds. The first-order valence-electron chi connectivity index (χ1n) is 10.4. The van der Waals surface area contributed by atoms with Gasteiger partial charge in [-0.1, -0.05) is 72.4 Å². The van der Waals surface area contributed by atoms with Crippen LogP contribution in [0.15, 0.2) is 94.1 Å². The Morgan fingerprint density at radius 2 is 1.61 bits per heavy atom. The summed E-state index contributed by atoms with van der Waals surface area (Å²) in [6.07, 6.45) is 1.69. The van der Waals surface area contributed by atoms with E-state index in [0.717, 1.165) is 48.7 Å². The lowest BCUT2D eigenvalue weighted by atomic mass is 10.0. The zero-order valence-electron chi connectivity index (χ0n) is 17.2. The minimum atomic E-state index is -0.167. The summed E-state index contributed by atoms with van der Waals surface area (Å²) in [5.74, 6) is 1.70. The Morgan fingerprint density at radius 3 is 2.26 bits per heavy atom. The van der Waals surface area contributed by atoms with Gasteiger partial charge in [0.1, 0.15) is 11.8 Å². The second-order valence-corrected chi connectivity index (χ2v) is 8.83. The highest BCUT2D eigenvalue weighted by atomic mass is 32.2. The summed E-state index contributed by atoms with van der Waals surface area (Å²) in [7, 11) is 0. The van der Waals surface area contributed by atoms with E-state index in [1.807, 2.05) is 18.2 Å². The van der Waals surface area contributed by atoms with Crippen molar-refractivity contribution in [3.05, 3.63) is 107 Å². The van der Waals surface area contributed by atoms with Crippen LogP contribution in [0, 0.1) is 11.3 Å². The minimum absolute atomic E-state index is 0.167. The van der Waals surface area contributed by atoms with Gasteiger partial charge < -0.3 is 9.32 Å². The molecule has 3 aromatic rings. The molecule has 2 aliphatic heterocycles. The molecule has 1 fully saturated rings. The summed E-state index contributed by atoms with van der Waals surface area (Å²) < 4.78 is 5.79. The number of hydrogen-bond acceptors (Lipinski definition) is 6. The molecular weight excluding hydrogens is 404 g/mol. The van der Waals surface area contributed by atoms with Crippen molar-refractivity contribution >= 4 is 11.8 Å². The number of hydrogen-bond donors (Lipinski definition) is 0. The van der Waals surface area contributed by atoms with Gasteiger partial charge in [0.05, 0.1) is 42.1 Å². The van der Waals surface area contributed by atoms with Gasteiger partial charge in [0.2, 0.25) is 0 Å². The van der Waals surface area contributed by atoms with Crippen LogP contribution in [0.1, 0.15) is 22.9 Å². The summed E-state index contributed by atoms with van der Waals surface area (Å²) in [5, 5.41) is 11.2. The maximum atomic E-state index is 10.2. The number of benzene rings is 2. The Hall–Kier alpha value is -2.98. The summed E-state index contributed by atoms with van der Waals surface area (Å²) >= 11 is 1.76. The molecule has 0 spiro atoms. The van der Waals surface area contributed by atoms with Crippen molar-refractivity contribution in [1.29, 1.82) is 5.26 Å². The van der Waals surface area contributed by atoms with Crippen LogP contribution in [0.5, 0.6) is 0 Å². The van der Waals surface area contributed by atoms with E-state index in [2.05, 4.69) is 75.4 Å². The SMILES string of the molecule is N#CC1=C2SCN(Cc3ccccc3)CN2CN(Cc2ccccc2)[C@@H]1c1ccco1. The predicted octanol–water partition coefficient (Wildman–Crippen LogP) is 5.00. The molecule has 6 heteroatoms. The molecule has 5 rings (SSSR count). The third-order valence-electron chi connectivity index (χ3n) is 5.67. The molecule has 3 heterocycles. The second-order valence-electron chi connectivity index (χ2n) is 7.89. The molecule has 0 aliphatic carbocycles. The summed E-state index contributed by atoms with van der Waals surface area (Å²) in [4.78, 5) is 7.09. The molecule has 31 heavy (non-hydrogen) atoms.